The molecular weight excluding hydrogens is 360 g/mol. The molecule has 0 radical (unpaired) electrons. The zero-order valence-electron chi connectivity index (χ0n) is 13.3. The monoisotopic (exact) mass is 370 g/mol. The quantitative estimate of drug-likeness (QED) is 0.392. The van der Waals surface area contributed by atoms with Crippen molar-refractivity contribution in [2.75, 3.05) is 0 Å². The number of hydrogen-bond donors (Lipinski definition) is 0. The largest absolute Gasteiger partial charge is 0.999 e. The second-order valence-electron chi connectivity index (χ2n) is 4.96. The van der Waals surface area contributed by atoms with Crippen LogP contribution in [-0.4, -0.2) is 0 Å². The van der Waals surface area contributed by atoms with Crippen molar-refractivity contribution in [2.45, 2.75) is 13.8 Å². The molecule has 0 bridgehead atoms. The smallest absolute Gasteiger partial charge is 0.176 e. The zero-order chi connectivity index (χ0) is 19.4. The van der Waals surface area contributed by atoms with Gasteiger partial charge in [-0.05, 0) is 5.41 Å². The predicted molar refractivity (Wildman–Crippen MR) is 75.2 cm³/mol. The molecule has 1 saturated carbocycles. The van der Waals surface area contributed by atoms with Crippen molar-refractivity contribution >= 4 is 0 Å². The molecule has 1 aromatic rings. The Bertz CT molecular complexity index is 670. The number of hydrogen-bond acceptors (Lipinski definition) is 4. The summed E-state index contributed by atoms with van der Waals surface area (Å²) < 4.78 is 15.0. The van der Waals surface area contributed by atoms with E-state index in [0.717, 1.165) is 0 Å². The Balaban J connectivity index is -0.000000404. The fraction of sp³-hybridized carbons (Fsp3) is 0.333. The van der Waals surface area contributed by atoms with E-state index in [-0.39, 0.29) is 17.1 Å². The Morgan fingerprint density at radius 1 is 0.920 bits per heavy atom. The van der Waals surface area contributed by atoms with Gasteiger partial charge in [-0.2, -0.15) is 21.0 Å². The summed E-state index contributed by atoms with van der Waals surface area (Å²) >= 11 is 0. The molecule has 1 atom stereocenters. The summed E-state index contributed by atoms with van der Waals surface area (Å²) in [4.78, 5) is 0. The maximum absolute atomic E-state index is 9.09. The third kappa shape index (κ3) is 4.05. The van der Waals surface area contributed by atoms with Crippen LogP contribution in [-0.2, 0) is 26.4 Å². The van der Waals surface area contributed by atoms with Crippen molar-refractivity contribution in [3.05, 3.63) is 50.6 Å². The van der Waals surface area contributed by atoms with Gasteiger partial charge in [-0.25, -0.2) is 0 Å². The van der Waals surface area contributed by atoms with Gasteiger partial charge in [0.25, 0.3) is 0 Å². The van der Waals surface area contributed by atoms with Crippen LogP contribution in [0.5, 0.6) is 0 Å². The molecule has 2 rings (SSSR count). The van der Waals surface area contributed by atoms with Gasteiger partial charge in [0.15, 0.2) is 10.8 Å². The van der Waals surface area contributed by atoms with E-state index in [0.29, 0.717) is 0 Å². The average Bonchev–Trinajstić information content (AvgIpc) is 3.22. The first-order valence-electron chi connectivity index (χ1n) is 6.12. The van der Waals surface area contributed by atoms with Crippen LogP contribution in [0.1, 0.15) is 13.8 Å². The van der Waals surface area contributed by atoms with Gasteiger partial charge in [-0.15, -0.1) is 5.92 Å². The molecule has 1 aromatic carbocycles. The number of rotatable bonds is 0. The maximum Gasteiger partial charge on any atom is 0.176 e. The van der Waals surface area contributed by atoms with Crippen LogP contribution in [0.3, 0.4) is 0 Å². The van der Waals surface area contributed by atoms with Crippen molar-refractivity contribution in [1.29, 1.82) is 21.0 Å². The minimum atomic E-state index is -1.61. The second kappa shape index (κ2) is 11.8. The molecule has 0 saturated heterocycles. The van der Waals surface area contributed by atoms with Crippen LogP contribution in [0, 0.1) is 112 Å². The number of nitrogens with zero attached hydrogens (tertiary/aromatic N) is 4. The first-order chi connectivity index (χ1) is 11.4. The Hall–Kier alpha value is -2.69. The van der Waals surface area contributed by atoms with Crippen molar-refractivity contribution in [2.24, 2.45) is 22.2 Å². The van der Waals surface area contributed by atoms with Crippen LogP contribution in [0.15, 0.2) is 6.07 Å². The van der Waals surface area contributed by atoms with E-state index in [2.05, 4.69) is 44.5 Å². The van der Waals surface area contributed by atoms with Gasteiger partial charge in [-0.1, -0.05) is 13.8 Å². The molecule has 0 spiro atoms. The Morgan fingerprint density at radius 3 is 1.44 bits per heavy atom. The molecule has 7 heteroatoms. The van der Waals surface area contributed by atoms with E-state index in [4.69, 9.17) is 30.4 Å². The van der Waals surface area contributed by atoms with Gasteiger partial charge in [0.05, 0.1) is 24.3 Å². The Kier molecular flexibility index (Phi) is 12.8. The van der Waals surface area contributed by atoms with Gasteiger partial charge >= 0.3 is 22.6 Å². The van der Waals surface area contributed by atoms with Gasteiger partial charge in [0, 0.05) is 17.1 Å². The van der Waals surface area contributed by atoms with E-state index in [1.807, 2.05) is 12.1 Å². The SMILES string of the molecule is [C-]#[O+].[C-]#[O+].[CH2-]C1C(C)(C)C(C#N)(C#N)C1(C#N)C#N.[Fe].[c-]1[c-][c-][cH-][c-]1. The molecule has 0 heterocycles. The summed E-state index contributed by atoms with van der Waals surface area (Å²) in [7, 11) is 0. The summed E-state index contributed by atoms with van der Waals surface area (Å²) in [6.07, 6.45) is 0. The van der Waals surface area contributed by atoms with Gasteiger partial charge < -0.3 is 37.3 Å². The van der Waals surface area contributed by atoms with Crippen molar-refractivity contribution in [1.82, 2.24) is 0 Å². The Labute approximate surface area is 158 Å². The van der Waals surface area contributed by atoms with Crippen LogP contribution in [0.4, 0.5) is 0 Å². The molecule has 0 aromatic heterocycles. The van der Waals surface area contributed by atoms with Gasteiger partial charge in [0.1, 0.15) is 0 Å². The molecule has 1 aliphatic carbocycles. The zero-order valence-corrected chi connectivity index (χ0v) is 14.4. The normalized spacial score (nSPS) is 18.8. The fourth-order valence-electron chi connectivity index (χ4n) is 2.51. The first kappa shape index (κ1) is 27.2. The topological polar surface area (TPSA) is 135 Å². The summed E-state index contributed by atoms with van der Waals surface area (Å²) in [5, 5.41) is 36.2. The van der Waals surface area contributed by atoms with Crippen molar-refractivity contribution in [3.63, 3.8) is 0 Å². The minimum absolute atomic E-state index is 0. The standard InChI is InChI=1S/C11H9N4.C5H.2CO.Fe/c1-8-9(2,3)11(6-14,7-15)10(8,4-12)5-13;1-2-4-5-3-1;2*1-2;/h8H,1H2,2-3H3;1H;;;/q-1;-5;;;. The molecule has 128 valence electrons. The molecule has 25 heavy (non-hydrogen) atoms. The summed E-state index contributed by atoms with van der Waals surface area (Å²) in [6.45, 7) is 16.1. The molecule has 1 unspecified atom stereocenters. The molecule has 0 amide bonds. The van der Waals surface area contributed by atoms with Crippen LogP contribution < -0.4 is 0 Å². The first-order valence-corrected chi connectivity index (χ1v) is 6.12. The molecule has 6 nitrogen and oxygen atoms in total. The molecular formula is C18H10FeN4O2-6. The summed E-state index contributed by atoms with van der Waals surface area (Å²) in [6, 6.07) is 19.3. The van der Waals surface area contributed by atoms with E-state index < -0.39 is 22.2 Å². The third-order valence-corrected chi connectivity index (χ3v) is 3.99. The van der Waals surface area contributed by atoms with Gasteiger partial charge in [0.2, 0.25) is 0 Å². The average molecular weight is 370 g/mol. The molecule has 0 aliphatic heterocycles. The van der Waals surface area contributed by atoms with E-state index in [1.54, 1.807) is 32.1 Å². The van der Waals surface area contributed by atoms with Crippen molar-refractivity contribution in [3.8, 4) is 24.3 Å². The summed E-state index contributed by atoms with van der Waals surface area (Å²) in [5.41, 5.74) is -3.95. The van der Waals surface area contributed by atoms with Crippen LogP contribution in [0.2, 0.25) is 0 Å². The predicted octanol–water partition coefficient (Wildman–Crippen LogP) is 2.07. The van der Waals surface area contributed by atoms with E-state index in [1.165, 1.54) is 0 Å². The molecule has 1 fully saturated rings. The van der Waals surface area contributed by atoms with E-state index >= 15 is 0 Å². The fourth-order valence-corrected chi connectivity index (χ4v) is 2.51. The van der Waals surface area contributed by atoms with E-state index in [9.17, 15) is 0 Å². The third-order valence-electron chi connectivity index (χ3n) is 3.99. The molecule has 0 N–H and O–H groups in total. The van der Waals surface area contributed by atoms with Crippen LogP contribution in [0.25, 0.3) is 0 Å². The Morgan fingerprint density at radius 2 is 1.28 bits per heavy atom. The molecule has 1 aliphatic rings. The van der Waals surface area contributed by atoms with Crippen molar-refractivity contribution < 1.29 is 26.4 Å². The van der Waals surface area contributed by atoms with Gasteiger partial charge in [-0.3, -0.25) is 0 Å². The second-order valence-corrected chi connectivity index (χ2v) is 4.96. The minimum Gasteiger partial charge on any atom is -0.999 e. The van der Waals surface area contributed by atoms with Crippen LogP contribution >= 0.6 is 0 Å². The number of nitriles is 4. The summed E-state index contributed by atoms with van der Waals surface area (Å²) in [5.74, 6) is -0.542. The maximum atomic E-state index is 9.09.